The monoisotopic (exact) mass is 500 g/mol. The van der Waals surface area contributed by atoms with E-state index in [2.05, 4.69) is 15.1 Å². The third-order valence-corrected chi connectivity index (χ3v) is 8.74. The van der Waals surface area contributed by atoms with E-state index in [4.69, 9.17) is 14.7 Å². The lowest BCUT2D eigenvalue weighted by atomic mass is 9.91. The Hall–Kier alpha value is -2.48. The minimum Gasteiger partial charge on any atom is -0.384 e. The van der Waals surface area contributed by atoms with Crippen LogP contribution in [0.15, 0.2) is 30.5 Å². The number of thiophene rings is 1. The summed E-state index contributed by atoms with van der Waals surface area (Å²) in [5.41, 5.74) is 1.54. The summed E-state index contributed by atoms with van der Waals surface area (Å²) in [6.07, 6.45) is 2.55. The second-order valence-corrected chi connectivity index (χ2v) is 10.7. The number of morpholine rings is 1. The lowest BCUT2D eigenvalue weighted by Gasteiger charge is -2.35. The molecule has 0 radical (unpaired) electrons. The maximum atomic E-state index is 11.5. The molecule has 2 aliphatic heterocycles. The van der Waals surface area contributed by atoms with Gasteiger partial charge in [-0.25, -0.2) is 18.5 Å². The van der Waals surface area contributed by atoms with Gasteiger partial charge in [0.15, 0.2) is 11.6 Å². The van der Waals surface area contributed by atoms with Gasteiger partial charge in [-0.15, -0.1) is 11.3 Å². The molecule has 12 heteroatoms. The summed E-state index contributed by atoms with van der Waals surface area (Å²) in [7, 11) is 0. The molecule has 3 aromatic heterocycles. The van der Waals surface area contributed by atoms with Gasteiger partial charge >= 0.3 is 0 Å². The summed E-state index contributed by atoms with van der Waals surface area (Å²) < 4.78 is 28.8. The Balaban J connectivity index is 1.47. The zero-order valence-electron chi connectivity index (χ0n) is 18.3. The van der Waals surface area contributed by atoms with E-state index >= 15 is 0 Å². The normalized spacial score (nSPS) is 20.2. The first kappa shape index (κ1) is 22.0. The second kappa shape index (κ2) is 8.63. The van der Waals surface area contributed by atoms with Crippen LogP contribution in [0.3, 0.4) is 0 Å². The lowest BCUT2D eigenvalue weighted by molar-refractivity contribution is -0.00647. The summed E-state index contributed by atoms with van der Waals surface area (Å²) in [5, 5.41) is 19.6. The number of aromatic nitrogens is 4. The minimum atomic E-state index is -2.02. The van der Waals surface area contributed by atoms with Crippen LogP contribution >= 0.6 is 11.3 Å². The molecule has 0 bridgehead atoms. The van der Waals surface area contributed by atoms with Crippen LogP contribution in [0.5, 0.6) is 0 Å². The maximum Gasteiger partial charge on any atom is 0.234 e. The number of hydrogen-bond acceptors (Lipinski definition) is 8. The number of ether oxygens (including phenoxy) is 1. The van der Waals surface area contributed by atoms with E-state index in [9.17, 15) is 13.9 Å². The van der Waals surface area contributed by atoms with E-state index in [-0.39, 0.29) is 0 Å². The second-order valence-electron chi connectivity index (χ2n) is 8.62. The molecule has 1 atom stereocenters. The maximum absolute atomic E-state index is 11.5. The van der Waals surface area contributed by atoms with Gasteiger partial charge in [-0.2, -0.15) is 5.10 Å². The number of anilines is 1. The topological polar surface area (TPSA) is 128 Å². The van der Waals surface area contributed by atoms with Crippen molar-refractivity contribution >= 4 is 49.5 Å². The van der Waals surface area contributed by atoms with Crippen LogP contribution in [0.4, 0.5) is 5.82 Å². The van der Waals surface area contributed by atoms with Crippen molar-refractivity contribution in [1.82, 2.24) is 24.5 Å². The average molecular weight is 501 g/mol. The Morgan fingerprint density at radius 1 is 1.15 bits per heavy atom. The van der Waals surface area contributed by atoms with E-state index in [1.807, 2.05) is 24.3 Å². The van der Waals surface area contributed by atoms with E-state index in [0.717, 1.165) is 50.5 Å². The molecule has 5 heterocycles. The van der Waals surface area contributed by atoms with Crippen LogP contribution in [-0.4, -0.2) is 77.7 Å². The number of rotatable bonds is 4. The summed E-state index contributed by atoms with van der Waals surface area (Å²) in [4.78, 5) is 12.9. The van der Waals surface area contributed by atoms with Crippen LogP contribution < -0.4 is 4.90 Å². The Morgan fingerprint density at radius 3 is 2.71 bits per heavy atom. The molecule has 34 heavy (non-hydrogen) atoms. The van der Waals surface area contributed by atoms with Crippen molar-refractivity contribution in [1.29, 1.82) is 0 Å². The fourth-order valence-electron chi connectivity index (χ4n) is 4.68. The Morgan fingerprint density at radius 2 is 1.94 bits per heavy atom. The first-order chi connectivity index (χ1) is 16.5. The molecule has 1 aromatic carbocycles. The largest absolute Gasteiger partial charge is 0.384 e. The molecule has 10 nitrogen and oxygen atoms in total. The standard InChI is InChI=1S/C22H24N6O4S2/c29-22(4-6-28(7-5-22)34(30)31)18-12-17-19(33-18)21(27-8-10-32-11-9-27)25-20(24-17)14-2-1-3-16-15(14)13-23-26-16/h1-3,12-13,29H,4-11H2,(H,23,26)(H,30,31). The van der Waals surface area contributed by atoms with Crippen molar-refractivity contribution in [2.45, 2.75) is 18.4 Å². The van der Waals surface area contributed by atoms with Gasteiger partial charge in [-0.3, -0.25) is 9.65 Å². The van der Waals surface area contributed by atoms with E-state index in [0.29, 0.717) is 45.0 Å². The first-order valence-electron chi connectivity index (χ1n) is 11.2. The fourth-order valence-corrected chi connectivity index (χ4v) is 6.43. The molecule has 0 amide bonds. The Labute approximate surface area is 202 Å². The minimum absolute atomic E-state index is 0.351. The molecule has 3 N–H and O–H groups in total. The highest BCUT2D eigenvalue weighted by molar-refractivity contribution is 7.76. The van der Waals surface area contributed by atoms with E-state index < -0.39 is 16.9 Å². The molecular formula is C22H24N6O4S2. The molecule has 2 fully saturated rings. The van der Waals surface area contributed by atoms with E-state index in [1.165, 1.54) is 15.6 Å². The number of nitrogens with zero attached hydrogens (tertiary/aromatic N) is 5. The Kier molecular flexibility index (Phi) is 5.59. The quantitative estimate of drug-likeness (QED) is 0.365. The molecular weight excluding hydrogens is 476 g/mol. The molecule has 6 rings (SSSR count). The predicted molar refractivity (Wildman–Crippen MR) is 131 cm³/mol. The van der Waals surface area contributed by atoms with Crippen molar-refractivity contribution in [2.24, 2.45) is 0 Å². The molecule has 0 saturated carbocycles. The van der Waals surface area contributed by atoms with Crippen LogP contribution in [0.2, 0.25) is 0 Å². The number of benzene rings is 1. The summed E-state index contributed by atoms with van der Waals surface area (Å²) >= 11 is -0.510. The number of hydrogen-bond donors (Lipinski definition) is 3. The molecule has 2 aliphatic rings. The molecule has 2 saturated heterocycles. The highest BCUT2D eigenvalue weighted by Crippen LogP contribution is 2.42. The van der Waals surface area contributed by atoms with E-state index in [1.54, 1.807) is 6.20 Å². The highest BCUT2D eigenvalue weighted by Gasteiger charge is 2.37. The number of nitrogens with one attached hydrogen (secondary N) is 1. The SMILES string of the molecule is O=S(O)N1CCC(O)(c2cc3nc(-c4cccc5[nH]ncc45)nc(N4CCOCC4)c3s2)CC1. The number of piperidine rings is 1. The average Bonchev–Trinajstić information content (AvgIpc) is 3.51. The van der Waals surface area contributed by atoms with Gasteiger partial charge in [-0.1, -0.05) is 12.1 Å². The smallest absolute Gasteiger partial charge is 0.234 e. The molecule has 4 aromatic rings. The number of aliphatic hydroxyl groups is 1. The molecule has 0 aliphatic carbocycles. The van der Waals surface area contributed by atoms with Crippen LogP contribution in [0.1, 0.15) is 17.7 Å². The van der Waals surface area contributed by atoms with Gasteiger partial charge in [-0.05, 0) is 25.0 Å². The number of aromatic amines is 1. The van der Waals surface area contributed by atoms with Crippen molar-refractivity contribution in [2.75, 3.05) is 44.3 Å². The molecule has 178 valence electrons. The highest BCUT2D eigenvalue weighted by atomic mass is 32.2. The van der Waals surface area contributed by atoms with Gasteiger partial charge in [0.1, 0.15) is 5.60 Å². The zero-order valence-corrected chi connectivity index (χ0v) is 19.9. The van der Waals surface area contributed by atoms with Crippen LogP contribution in [0, 0.1) is 0 Å². The van der Waals surface area contributed by atoms with Crippen molar-refractivity contribution < 1.29 is 18.6 Å². The summed E-state index contributed by atoms with van der Waals surface area (Å²) in [6.45, 7) is 3.43. The third-order valence-electron chi connectivity index (χ3n) is 6.62. The van der Waals surface area contributed by atoms with Gasteiger partial charge in [0.25, 0.3) is 0 Å². The zero-order chi connectivity index (χ0) is 23.3. The lowest BCUT2D eigenvalue weighted by Crippen LogP contribution is -2.42. The van der Waals surface area contributed by atoms with Gasteiger partial charge in [0, 0.05) is 42.0 Å². The van der Waals surface area contributed by atoms with Crippen molar-refractivity contribution in [3.05, 3.63) is 35.3 Å². The summed E-state index contributed by atoms with van der Waals surface area (Å²) in [5.74, 6) is 1.46. The predicted octanol–water partition coefficient (Wildman–Crippen LogP) is 2.49. The first-order valence-corrected chi connectivity index (χ1v) is 13.1. The van der Waals surface area contributed by atoms with Gasteiger partial charge in [0.05, 0.1) is 35.1 Å². The van der Waals surface area contributed by atoms with Gasteiger partial charge < -0.3 is 14.7 Å². The van der Waals surface area contributed by atoms with Crippen LogP contribution in [-0.2, 0) is 21.6 Å². The van der Waals surface area contributed by atoms with Gasteiger partial charge in [0.2, 0.25) is 11.3 Å². The van der Waals surface area contributed by atoms with Crippen molar-refractivity contribution in [3.8, 4) is 11.4 Å². The molecule has 0 spiro atoms. The van der Waals surface area contributed by atoms with Crippen LogP contribution in [0.25, 0.3) is 32.5 Å². The summed E-state index contributed by atoms with van der Waals surface area (Å²) in [6, 6.07) is 7.87. The fraction of sp³-hybridized carbons (Fsp3) is 0.409. The van der Waals surface area contributed by atoms with Crippen molar-refractivity contribution in [3.63, 3.8) is 0 Å². The number of fused-ring (bicyclic) bond motifs is 2. The molecule has 1 unspecified atom stereocenters. The Bertz CT molecular complexity index is 1370. The third kappa shape index (κ3) is 3.80. The number of H-pyrrole nitrogens is 1.